The summed E-state index contributed by atoms with van der Waals surface area (Å²) in [5.41, 5.74) is 1.25. The van der Waals surface area contributed by atoms with Crippen molar-refractivity contribution in [3.8, 4) is 0 Å². The smallest absolute Gasteiger partial charge is 0.112 e. The van der Waals surface area contributed by atoms with Gasteiger partial charge >= 0.3 is 0 Å². The molecule has 0 unspecified atom stereocenters. The molecule has 0 saturated heterocycles. The highest BCUT2D eigenvalue weighted by Crippen LogP contribution is 2.55. The van der Waals surface area contributed by atoms with E-state index in [0.717, 1.165) is 0 Å². The van der Waals surface area contributed by atoms with E-state index in [-0.39, 0.29) is 17.0 Å². The van der Waals surface area contributed by atoms with Crippen molar-refractivity contribution in [2.75, 3.05) is 25.2 Å². The molecule has 0 heterocycles. The lowest BCUT2D eigenvalue weighted by Gasteiger charge is -2.27. The molecule has 3 heteroatoms. The van der Waals surface area contributed by atoms with E-state index in [2.05, 4.69) is 111 Å². The van der Waals surface area contributed by atoms with Crippen molar-refractivity contribution in [1.29, 1.82) is 0 Å². The summed E-state index contributed by atoms with van der Waals surface area (Å²) in [6.45, 7) is 2.30. The second-order valence-electron chi connectivity index (χ2n) is 6.62. The molecule has 0 bridgehead atoms. The molecule has 0 atom stereocenters. The maximum atomic E-state index is 2.35. The van der Waals surface area contributed by atoms with E-state index >= 15 is 0 Å². The Morgan fingerprint density at radius 3 is 1.46 bits per heavy atom. The first-order valence-electron chi connectivity index (χ1n) is 8.95. The van der Waals surface area contributed by atoms with Gasteiger partial charge in [0.05, 0.1) is 6.16 Å². The summed E-state index contributed by atoms with van der Waals surface area (Å²) in [5, 5.41) is 4.42. The zero-order chi connectivity index (χ0) is 17.7. The number of halogens is 1. The Hall–Kier alpha value is -1.63. The van der Waals surface area contributed by atoms with Gasteiger partial charge in [0.25, 0.3) is 0 Å². The Balaban J connectivity index is 0.00000243. The highest BCUT2D eigenvalue weighted by Gasteiger charge is 2.44. The topological polar surface area (TPSA) is 3.24 Å². The van der Waals surface area contributed by atoms with E-state index in [1.165, 1.54) is 34.2 Å². The highest BCUT2D eigenvalue weighted by atomic mass is 79.9. The largest absolute Gasteiger partial charge is 1.00 e. The average Bonchev–Trinajstić information content (AvgIpc) is 2.67. The number of anilines is 1. The standard InChI is InChI=1S/C23H27NP.BrH/c1-4-19-25(21-11-7-5-8-12-21,22-13-9-6-10-14-22)23-17-15-20(16-18-23)24(2)3;/h5-18H,4,19H2,1-3H3;1H/q+1;/p-1. The van der Waals surface area contributed by atoms with Gasteiger partial charge in [-0.05, 0) is 55.0 Å². The fourth-order valence-corrected chi connectivity index (χ4v) is 7.90. The molecule has 0 aliphatic heterocycles. The molecule has 0 radical (unpaired) electrons. The Morgan fingerprint density at radius 1 is 0.654 bits per heavy atom. The molecule has 0 aromatic heterocycles. The summed E-state index contributed by atoms with van der Waals surface area (Å²) < 4.78 is 0. The number of hydrogen-bond donors (Lipinski definition) is 0. The summed E-state index contributed by atoms with van der Waals surface area (Å²) in [7, 11) is 2.57. The fraction of sp³-hybridized carbons (Fsp3) is 0.217. The van der Waals surface area contributed by atoms with Gasteiger partial charge in [-0.25, -0.2) is 0 Å². The summed E-state index contributed by atoms with van der Waals surface area (Å²) >= 11 is 0. The predicted molar refractivity (Wildman–Crippen MR) is 115 cm³/mol. The van der Waals surface area contributed by atoms with E-state index < -0.39 is 7.26 Å². The van der Waals surface area contributed by atoms with Crippen LogP contribution in [-0.2, 0) is 0 Å². The third-order valence-corrected chi connectivity index (χ3v) is 9.42. The average molecular weight is 428 g/mol. The Labute approximate surface area is 169 Å². The quantitative estimate of drug-likeness (QED) is 0.538. The van der Waals surface area contributed by atoms with Crippen LogP contribution < -0.4 is 37.8 Å². The van der Waals surface area contributed by atoms with Crippen LogP contribution in [0.2, 0.25) is 0 Å². The fourth-order valence-electron chi connectivity index (χ4n) is 3.54. The van der Waals surface area contributed by atoms with Crippen molar-refractivity contribution < 1.29 is 17.0 Å². The molecule has 0 aliphatic rings. The van der Waals surface area contributed by atoms with Crippen molar-refractivity contribution >= 4 is 28.9 Å². The maximum absolute atomic E-state index is 2.35. The van der Waals surface area contributed by atoms with Gasteiger partial charge in [0.2, 0.25) is 0 Å². The second kappa shape index (κ2) is 9.35. The van der Waals surface area contributed by atoms with Crippen molar-refractivity contribution in [2.45, 2.75) is 13.3 Å². The third-order valence-electron chi connectivity index (χ3n) is 4.76. The molecule has 0 aliphatic carbocycles. The summed E-state index contributed by atoms with van der Waals surface area (Å²) in [6.07, 6.45) is 2.37. The van der Waals surface area contributed by atoms with Crippen LogP contribution in [0.3, 0.4) is 0 Å². The molecular weight excluding hydrogens is 401 g/mol. The summed E-state index contributed by atoms with van der Waals surface area (Å²) in [4.78, 5) is 2.16. The zero-order valence-electron chi connectivity index (χ0n) is 15.8. The Bertz CT molecular complexity index is 746. The first-order valence-corrected chi connectivity index (χ1v) is 10.9. The van der Waals surface area contributed by atoms with Crippen molar-refractivity contribution in [3.63, 3.8) is 0 Å². The molecule has 0 amide bonds. The van der Waals surface area contributed by atoms with E-state index in [1.54, 1.807) is 0 Å². The molecule has 3 aromatic rings. The van der Waals surface area contributed by atoms with Crippen LogP contribution in [-0.4, -0.2) is 20.3 Å². The van der Waals surface area contributed by atoms with Crippen LogP contribution in [0.25, 0.3) is 0 Å². The van der Waals surface area contributed by atoms with Gasteiger partial charge in [-0.1, -0.05) is 43.3 Å². The lowest BCUT2D eigenvalue weighted by Crippen LogP contribution is -3.00. The van der Waals surface area contributed by atoms with Crippen LogP contribution in [0.1, 0.15) is 13.3 Å². The van der Waals surface area contributed by atoms with Gasteiger partial charge < -0.3 is 21.9 Å². The van der Waals surface area contributed by atoms with Crippen LogP contribution in [0.4, 0.5) is 5.69 Å². The number of benzene rings is 3. The molecule has 3 rings (SSSR count). The number of rotatable bonds is 6. The van der Waals surface area contributed by atoms with Crippen LogP contribution in [0.5, 0.6) is 0 Å². The van der Waals surface area contributed by atoms with E-state index in [9.17, 15) is 0 Å². The maximum Gasteiger partial charge on any atom is 0.112 e. The minimum Gasteiger partial charge on any atom is -1.00 e. The normalized spacial score (nSPS) is 10.9. The second-order valence-corrected chi connectivity index (χ2v) is 10.2. The first kappa shape index (κ1) is 20.7. The van der Waals surface area contributed by atoms with Crippen molar-refractivity contribution in [2.24, 2.45) is 0 Å². The first-order chi connectivity index (χ1) is 12.2. The van der Waals surface area contributed by atoms with Crippen LogP contribution in [0, 0.1) is 0 Å². The molecule has 3 aromatic carbocycles. The van der Waals surface area contributed by atoms with Crippen molar-refractivity contribution in [1.82, 2.24) is 0 Å². The van der Waals surface area contributed by atoms with Gasteiger partial charge in [0.15, 0.2) is 0 Å². The minimum absolute atomic E-state index is 0. The van der Waals surface area contributed by atoms with E-state index in [0.29, 0.717) is 0 Å². The van der Waals surface area contributed by atoms with Gasteiger partial charge in [-0.2, -0.15) is 0 Å². The summed E-state index contributed by atoms with van der Waals surface area (Å²) in [6, 6.07) is 31.4. The molecule has 0 fully saturated rings. The van der Waals surface area contributed by atoms with Gasteiger partial charge in [-0.3, -0.25) is 0 Å². The third kappa shape index (κ3) is 4.03. The summed E-state index contributed by atoms with van der Waals surface area (Å²) in [5.74, 6) is 0. The van der Waals surface area contributed by atoms with Gasteiger partial charge in [-0.15, -0.1) is 0 Å². The number of nitrogens with zero attached hydrogens (tertiary/aromatic N) is 1. The molecule has 26 heavy (non-hydrogen) atoms. The predicted octanol–water partition coefficient (Wildman–Crippen LogP) is 1.46. The number of hydrogen-bond acceptors (Lipinski definition) is 1. The molecule has 0 N–H and O–H groups in total. The van der Waals surface area contributed by atoms with Crippen LogP contribution in [0.15, 0.2) is 84.9 Å². The highest BCUT2D eigenvalue weighted by molar-refractivity contribution is 7.95. The molecule has 1 nitrogen and oxygen atoms in total. The van der Waals surface area contributed by atoms with Gasteiger partial charge in [0.1, 0.15) is 23.2 Å². The zero-order valence-corrected chi connectivity index (χ0v) is 18.2. The Kier molecular flexibility index (Phi) is 7.43. The lowest BCUT2D eigenvalue weighted by atomic mass is 10.3. The van der Waals surface area contributed by atoms with E-state index in [1.807, 2.05) is 0 Å². The van der Waals surface area contributed by atoms with E-state index in [4.69, 9.17) is 0 Å². The molecular formula is C23H27BrNP. The SMILES string of the molecule is CCC[P+](c1ccccc1)(c1ccccc1)c1ccc(N(C)C)cc1.[Br-]. The lowest BCUT2D eigenvalue weighted by molar-refractivity contribution is -0.00000503. The molecule has 0 saturated carbocycles. The molecule has 0 spiro atoms. The Morgan fingerprint density at radius 2 is 1.08 bits per heavy atom. The monoisotopic (exact) mass is 427 g/mol. The van der Waals surface area contributed by atoms with Gasteiger partial charge in [0, 0.05) is 19.8 Å². The minimum atomic E-state index is -1.62. The molecule has 136 valence electrons. The van der Waals surface area contributed by atoms with Crippen LogP contribution >= 0.6 is 7.26 Å². The van der Waals surface area contributed by atoms with Crippen molar-refractivity contribution in [3.05, 3.63) is 84.9 Å².